The number of hydrogen-bond acceptors (Lipinski definition) is 3. The molecule has 0 aliphatic carbocycles. The first kappa shape index (κ1) is 11.4. The quantitative estimate of drug-likeness (QED) is 0.437. The zero-order valence-electron chi connectivity index (χ0n) is 7.43. The molecule has 0 amide bonds. The standard InChI is InChI=1S/C8H5F4NO2/c1-15-8(14)6-5(7(11)12)3(9)2-4(10)13-6/h2,7H,1H3. The van der Waals surface area contributed by atoms with Gasteiger partial charge in [-0.2, -0.15) is 4.39 Å². The Balaban J connectivity index is 3.40. The van der Waals surface area contributed by atoms with Gasteiger partial charge in [-0.1, -0.05) is 0 Å². The zero-order valence-corrected chi connectivity index (χ0v) is 7.43. The number of aromatic nitrogens is 1. The van der Waals surface area contributed by atoms with E-state index in [0.29, 0.717) is 0 Å². The summed E-state index contributed by atoms with van der Waals surface area (Å²) in [6.07, 6.45) is -3.27. The Bertz CT molecular complexity index is 394. The van der Waals surface area contributed by atoms with E-state index in [-0.39, 0.29) is 6.07 Å². The molecule has 1 rings (SSSR count). The van der Waals surface area contributed by atoms with Crippen molar-refractivity contribution in [2.75, 3.05) is 7.11 Å². The van der Waals surface area contributed by atoms with Gasteiger partial charge in [0, 0.05) is 6.07 Å². The number of ether oxygens (including phenoxy) is 1. The van der Waals surface area contributed by atoms with E-state index in [0.717, 1.165) is 7.11 Å². The fourth-order valence-corrected chi connectivity index (χ4v) is 0.955. The maximum atomic E-state index is 12.9. The lowest BCUT2D eigenvalue weighted by Gasteiger charge is -2.06. The Hall–Kier alpha value is -1.66. The summed E-state index contributed by atoms with van der Waals surface area (Å²) < 4.78 is 54.1. The summed E-state index contributed by atoms with van der Waals surface area (Å²) in [5.74, 6) is -4.21. The lowest BCUT2D eigenvalue weighted by Crippen LogP contribution is -2.12. The normalized spacial score (nSPS) is 10.5. The molecule has 1 aromatic rings. The van der Waals surface area contributed by atoms with E-state index in [2.05, 4.69) is 9.72 Å². The molecule has 1 aromatic heterocycles. The summed E-state index contributed by atoms with van der Waals surface area (Å²) in [7, 11) is 0.891. The third-order valence-corrected chi connectivity index (χ3v) is 1.57. The zero-order chi connectivity index (χ0) is 11.6. The van der Waals surface area contributed by atoms with Gasteiger partial charge in [-0.3, -0.25) is 0 Å². The topological polar surface area (TPSA) is 39.2 Å². The molecule has 0 radical (unpaired) electrons. The molecule has 0 aliphatic heterocycles. The van der Waals surface area contributed by atoms with Crippen molar-refractivity contribution in [2.45, 2.75) is 6.43 Å². The highest BCUT2D eigenvalue weighted by Gasteiger charge is 2.26. The van der Waals surface area contributed by atoms with Crippen molar-refractivity contribution in [2.24, 2.45) is 0 Å². The van der Waals surface area contributed by atoms with Gasteiger partial charge in [0.2, 0.25) is 5.95 Å². The minimum Gasteiger partial charge on any atom is -0.464 e. The van der Waals surface area contributed by atoms with Crippen LogP contribution in [0.3, 0.4) is 0 Å². The molecular weight excluding hydrogens is 218 g/mol. The number of esters is 1. The molecule has 0 aliphatic rings. The van der Waals surface area contributed by atoms with E-state index in [4.69, 9.17) is 0 Å². The van der Waals surface area contributed by atoms with Crippen molar-refractivity contribution in [3.8, 4) is 0 Å². The van der Waals surface area contributed by atoms with Crippen LogP contribution in [-0.4, -0.2) is 18.1 Å². The van der Waals surface area contributed by atoms with Crippen molar-refractivity contribution in [3.05, 3.63) is 29.1 Å². The smallest absolute Gasteiger partial charge is 0.357 e. The molecule has 0 saturated carbocycles. The van der Waals surface area contributed by atoms with E-state index >= 15 is 0 Å². The molecule has 3 nitrogen and oxygen atoms in total. The maximum absolute atomic E-state index is 12.9. The summed E-state index contributed by atoms with van der Waals surface area (Å²) in [5, 5.41) is 0. The first-order valence-electron chi connectivity index (χ1n) is 3.69. The average Bonchev–Trinajstić information content (AvgIpc) is 2.14. The highest BCUT2D eigenvalue weighted by Crippen LogP contribution is 2.25. The highest BCUT2D eigenvalue weighted by atomic mass is 19.3. The number of carbonyl (C=O) groups is 1. The van der Waals surface area contributed by atoms with Crippen LogP contribution in [0.1, 0.15) is 22.5 Å². The van der Waals surface area contributed by atoms with Crippen molar-refractivity contribution < 1.29 is 27.1 Å². The molecule has 0 saturated heterocycles. The molecule has 0 fully saturated rings. The van der Waals surface area contributed by atoms with Gasteiger partial charge in [0.25, 0.3) is 6.43 Å². The van der Waals surface area contributed by atoms with Gasteiger partial charge < -0.3 is 4.74 Å². The fraction of sp³-hybridized carbons (Fsp3) is 0.250. The average molecular weight is 223 g/mol. The van der Waals surface area contributed by atoms with Crippen LogP contribution in [0.5, 0.6) is 0 Å². The minimum atomic E-state index is -3.27. The molecule has 15 heavy (non-hydrogen) atoms. The van der Waals surface area contributed by atoms with E-state index < -0.39 is 35.4 Å². The number of rotatable bonds is 2. The molecule has 7 heteroatoms. The van der Waals surface area contributed by atoms with Gasteiger partial charge in [-0.15, -0.1) is 0 Å². The fourth-order valence-electron chi connectivity index (χ4n) is 0.955. The Kier molecular flexibility index (Phi) is 3.23. The summed E-state index contributed by atoms with van der Waals surface area (Å²) >= 11 is 0. The maximum Gasteiger partial charge on any atom is 0.357 e. The van der Waals surface area contributed by atoms with E-state index in [1.165, 1.54) is 0 Å². The van der Waals surface area contributed by atoms with Crippen LogP contribution in [0.2, 0.25) is 0 Å². The molecule has 82 valence electrons. The van der Waals surface area contributed by atoms with E-state index in [1.54, 1.807) is 0 Å². The number of halogens is 4. The van der Waals surface area contributed by atoms with E-state index in [9.17, 15) is 22.4 Å². The Morgan fingerprint density at radius 3 is 2.53 bits per heavy atom. The molecular formula is C8H5F4NO2. The number of hydrogen-bond donors (Lipinski definition) is 0. The second kappa shape index (κ2) is 4.24. The monoisotopic (exact) mass is 223 g/mol. The summed E-state index contributed by atoms with van der Waals surface area (Å²) in [4.78, 5) is 13.8. The van der Waals surface area contributed by atoms with Gasteiger partial charge in [-0.05, 0) is 0 Å². The largest absolute Gasteiger partial charge is 0.464 e. The van der Waals surface area contributed by atoms with Crippen LogP contribution in [-0.2, 0) is 4.74 Å². The van der Waals surface area contributed by atoms with Crippen molar-refractivity contribution in [1.82, 2.24) is 4.98 Å². The molecule has 0 spiro atoms. The SMILES string of the molecule is COC(=O)c1nc(F)cc(F)c1C(F)F. The molecule has 0 N–H and O–H groups in total. The van der Waals surface area contributed by atoms with Gasteiger partial charge in [0.15, 0.2) is 5.69 Å². The minimum absolute atomic E-state index is 0.175. The van der Waals surface area contributed by atoms with Crippen LogP contribution < -0.4 is 0 Å². The van der Waals surface area contributed by atoms with Crippen molar-refractivity contribution >= 4 is 5.97 Å². The second-order valence-corrected chi connectivity index (χ2v) is 2.48. The highest BCUT2D eigenvalue weighted by molar-refractivity contribution is 5.88. The molecule has 0 unspecified atom stereocenters. The van der Waals surface area contributed by atoms with Crippen LogP contribution in [0.25, 0.3) is 0 Å². The number of methoxy groups -OCH3 is 1. The van der Waals surface area contributed by atoms with Crippen LogP contribution in [0.15, 0.2) is 6.07 Å². The predicted octanol–water partition coefficient (Wildman–Crippen LogP) is 2.08. The van der Waals surface area contributed by atoms with Gasteiger partial charge >= 0.3 is 5.97 Å². The summed E-state index contributed by atoms with van der Waals surface area (Å²) in [6, 6.07) is 0.175. The second-order valence-electron chi connectivity index (χ2n) is 2.48. The van der Waals surface area contributed by atoms with Gasteiger partial charge in [0.1, 0.15) is 5.82 Å². The van der Waals surface area contributed by atoms with Gasteiger partial charge in [-0.25, -0.2) is 22.9 Å². The van der Waals surface area contributed by atoms with Gasteiger partial charge in [0.05, 0.1) is 12.7 Å². The first-order chi connectivity index (χ1) is 6.97. The van der Waals surface area contributed by atoms with Crippen LogP contribution >= 0.6 is 0 Å². The molecule has 0 bridgehead atoms. The number of alkyl halides is 2. The van der Waals surface area contributed by atoms with Crippen molar-refractivity contribution in [1.29, 1.82) is 0 Å². The lowest BCUT2D eigenvalue weighted by atomic mass is 10.2. The van der Waals surface area contributed by atoms with Crippen LogP contribution in [0.4, 0.5) is 17.6 Å². The summed E-state index contributed by atoms with van der Waals surface area (Å²) in [6.45, 7) is 0. The Labute approximate surface area is 81.7 Å². The number of nitrogens with zero attached hydrogens (tertiary/aromatic N) is 1. The predicted molar refractivity (Wildman–Crippen MR) is 40.4 cm³/mol. The summed E-state index contributed by atoms with van der Waals surface area (Å²) in [5.41, 5.74) is -2.31. The molecule has 1 heterocycles. The third kappa shape index (κ3) is 2.23. The van der Waals surface area contributed by atoms with E-state index in [1.807, 2.05) is 0 Å². The first-order valence-corrected chi connectivity index (χ1v) is 3.69. The van der Waals surface area contributed by atoms with Crippen LogP contribution in [0, 0.1) is 11.8 Å². The Morgan fingerprint density at radius 2 is 2.07 bits per heavy atom. The third-order valence-electron chi connectivity index (χ3n) is 1.57. The molecule has 0 atom stereocenters. The van der Waals surface area contributed by atoms with Crippen molar-refractivity contribution in [3.63, 3.8) is 0 Å². The Morgan fingerprint density at radius 1 is 1.47 bits per heavy atom. The number of carbonyl (C=O) groups excluding carboxylic acids is 1. The molecule has 0 aromatic carbocycles. The number of pyridine rings is 1. The lowest BCUT2D eigenvalue weighted by molar-refractivity contribution is 0.0577.